The Morgan fingerprint density at radius 3 is 2.69 bits per heavy atom. The molecule has 66 valence electrons. The zero-order chi connectivity index (χ0) is 9.10. The summed E-state index contributed by atoms with van der Waals surface area (Å²) in [5.41, 5.74) is 8.75. The van der Waals surface area contributed by atoms with Crippen molar-refractivity contribution in [2.24, 2.45) is 16.0 Å². The van der Waals surface area contributed by atoms with Gasteiger partial charge in [-0.15, -0.1) is 0 Å². The highest BCUT2D eigenvalue weighted by Gasteiger charge is 2.11. The topological polar surface area (TPSA) is 50.7 Å². The third kappa shape index (κ3) is 1.51. The van der Waals surface area contributed by atoms with Crippen LogP contribution in [0.3, 0.4) is 0 Å². The number of azo groups is 1. The van der Waals surface area contributed by atoms with Gasteiger partial charge < -0.3 is 5.73 Å². The second-order valence-electron chi connectivity index (χ2n) is 2.92. The summed E-state index contributed by atoms with van der Waals surface area (Å²) in [6.07, 6.45) is 0. The number of hydrogen-bond acceptors (Lipinski definition) is 3. The zero-order valence-corrected chi connectivity index (χ0v) is 7.27. The molecular formula is C10H11N3. The normalized spacial score (nSPS) is 15.5. The lowest BCUT2D eigenvalue weighted by Crippen LogP contribution is -2.05. The average molecular weight is 173 g/mol. The van der Waals surface area contributed by atoms with Crippen LogP contribution >= 0.6 is 0 Å². The van der Waals surface area contributed by atoms with Crippen LogP contribution in [0.4, 0.5) is 0 Å². The van der Waals surface area contributed by atoms with Gasteiger partial charge in [0.1, 0.15) is 0 Å². The van der Waals surface area contributed by atoms with Crippen LogP contribution in [0, 0.1) is 0 Å². The van der Waals surface area contributed by atoms with Crippen LogP contribution in [0.15, 0.2) is 46.1 Å². The van der Waals surface area contributed by atoms with Crippen LogP contribution in [-0.4, -0.2) is 13.1 Å². The molecule has 13 heavy (non-hydrogen) atoms. The van der Waals surface area contributed by atoms with Crippen LogP contribution in [0.5, 0.6) is 0 Å². The second-order valence-corrected chi connectivity index (χ2v) is 2.92. The maximum atomic E-state index is 5.58. The summed E-state index contributed by atoms with van der Waals surface area (Å²) in [7, 11) is 0. The third-order valence-corrected chi connectivity index (χ3v) is 2.06. The van der Waals surface area contributed by atoms with Gasteiger partial charge in [0.05, 0.1) is 12.2 Å². The van der Waals surface area contributed by atoms with Gasteiger partial charge >= 0.3 is 0 Å². The molecule has 1 aliphatic heterocycles. The summed E-state index contributed by atoms with van der Waals surface area (Å²) in [6, 6.07) is 10.0. The molecule has 1 heterocycles. The van der Waals surface area contributed by atoms with Crippen molar-refractivity contribution in [3.63, 3.8) is 0 Å². The fourth-order valence-electron chi connectivity index (χ4n) is 1.36. The van der Waals surface area contributed by atoms with Gasteiger partial charge in [-0.05, 0) is 5.57 Å². The molecule has 0 unspecified atom stereocenters. The van der Waals surface area contributed by atoms with Gasteiger partial charge in [-0.1, -0.05) is 30.3 Å². The standard InChI is InChI=1S/C10H11N3/c11-6-9-7-12-13-10(9)8-4-2-1-3-5-8/h1-5H,6-7,11H2. The summed E-state index contributed by atoms with van der Waals surface area (Å²) in [5.74, 6) is 0. The van der Waals surface area contributed by atoms with Crippen molar-refractivity contribution < 1.29 is 0 Å². The van der Waals surface area contributed by atoms with Crippen LogP contribution in [0.1, 0.15) is 5.56 Å². The van der Waals surface area contributed by atoms with Crippen molar-refractivity contribution in [1.29, 1.82) is 0 Å². The summed E-state index contributed by atoms with van der Waals surface area (Å²) >= 11 is 0. The van der Waals surface area contributed by atoms with Gasteiger partial charge in [-0.25, -0.2) is 0 Å². The van der Waals surface area contributed by atoms with E-state index in [-0.39, 0.29) is 0 Å². The molecule has 0 bridgehead atoms. The highest BCUT2D eigenvalue weighted by molar-refractivity contribution is 5.69. The number of nitrogens with zero attached hydrogens (tertiary/aromatic N) is 2. The Balaban J connectivity index is 2.41. The lowest BCUT2D eigenvalue weighted by molar-refractivity contribution is 1.04. The molecule has 0 aromatic heterocycles. The zero-order valence-electron chi connectivity index (χ0n) is 7.27. The highest BCUT2D eigenvalue weighted by atomic mass is 15.1. The molecule has 0 aliphatic carbocycles. The molecule has 0 saturated carbocycles. The minimum Gasteiger partial charge on any atom is -0.327 e. The Hall–Kier alpha value is -1.48. The number of nitrogens with two attached hydrogens (primary N) is 1. The molecule has 0 saturated heterocycles. The van der Waals surface area contributed by atoms with Crippen molar-refractivity contribution in [2.45, 2.75) is 0 Å². The maximum Gasteiger partial charge on any atom is 0.0948 e. The molecule has 1 aromatic rings. The van der Waals surface area contributed by atoms with Crippen molar-refractivity contribution in [3.8, 4) is 0 Å². The highest BCUT2D eigenvalue weighted by Crippen LogP contribution is 2.24. The van der Waals surface area contributed by atoms with Gasteiger partial charge in [0, 0.05) is 12.1 Å². The Bertz CT molecular complexity index is 352. The van der Waals surface area contributed by atoms with E-state index in [2.05, 4.69) is 10.2 Å². The van der Waals surface area contributed by atoms with Crippen molar-refractivity contribution in [2.75, 3.05) is 13.1 Å². The summed E-state index contributed by atoms with van der Waals surface area (Å²) in [5, 5.41) is 8.05. The molecule has 0 fully saturated rings. The van der Waals surface area contributed by atoms with E-state index in [4.69, 9.17) is 5.73 Å². The van der Waals surface area contributed by atoms with Crippen LogP contribution < -0.4 is 5.73 Å². The molecule has 0 spiro atoms. The maximum absolute atomic E-state index is 5.58. The minimum absolute atomic E-state index is 0.539. The molecular weight excluding hydrogens is 162 g/mol. The Morgan fingerprint density at radius 2 is 2.00 bits per heavy atom. The first kappa shape index (κ1) is 8.13. The predicted molar refractivity (Wildman–Crippen MR) is 52.1 cm³/mol. The smallest absolute Gasteiger partial charge is 0.0948 e. The lowest BCUT2D eigenvalue weighted by Gasteiger charge is -2.00. The van der Waals surface area contributed by atoms with Crippen molar-refractivity contribution in [3.05, 3.63) is 41.5 Å². The summed E-state index contributed by atoms with van der Waals surface area (Å²) in [4.78, 5) is 0. The van der Waals surface area contributed by atoms with Gasteiger partial charge in [-0.2, -0.15) is 10.2 Å². The van der Waals surface area contributed by atoms with Crippen molar-refractivity contribution in [1.82, 2.24) is 0 Å². The Labute approximate surface area is 77.0 Å². The van der Waals surface area contributed by atoms with E-state index in [9.17, 15) is 0 Å². The van der Waals surface area contributed by atoms with Gasteiger partial charge in [0.15, 0.2) is 0 Å². The number of benzene rings is 1. The molecule has 2 rings (SSSR count). The molecule has 1 aromatic carbocycles. The molecule has 3 nitrogen and oxygen atoms in total. The van der Waals surface area contributed by atoms with Crippen LogP contribution in [0.25, 0.3) is 5.70 Å². The monoisotopic (exact) mass is 173 g/mol. The van der Waals surface area contributed by atoms with E-state index < -0.39 is 0 Å². The molecule has 0 amide bonds. The molecule has 2 N–H and O–H groups in total. The van der Waals surface area contributed by atoms with E-state index >= 15 is 0 Å². The second kappa shape index (κ2) is 3.49. The van der Waals surface area contributed by atoms with Crippen LogP contribution in [0.2, 0.25) is 0 Å². The predicted octanol–water partition coefficient (Wildman–Crippen LogP) is 1.82. The fourth-order valence-corrected chi connectivity index (χ4v) is 1.36. The van der Waals surface area contributed by atoms with E-state index in [1.54, 1.807) is 0 Å². The van der Waals surface area contributed by atoms with Gasteiger partial charge in [-0.3, -0.25) is 0 Å². The van der Waals surface area contributed by atoms with E-state index in [0.717, 1.165) is 16.8 Å². The number of hydrogen-bond donors (Lipinski definition) is 1. The van der Waals surface area contributed by atoms with Crippen LogP contribution in [-0.2, 0) is 0 Å². The largest absolute Gasteiger partial charge is 0.327 e. The average Bonchev–Trinajstić information content (AvgIpc) is 2.67. The lowest BCUT2D eigenvalue weighted by atomic mass is 10.1. The van der Waals surface area contributed by atoms with Gasteiger partial charge in [0.2, 0.25) is 0 Å². The first-order valence-electron chi connectivity index (χ1n) is 4.27. The fraction of sp³-hybridized carbons (Fsp3) is 0.200. The minimum atomic E-state index is 0.539. The first-order valence-corrected chi connectivity index (χ1v) is 4.27. The van der Waals surface area contributed by atoms with Gasteiger partial charge in [0.25, 0.3) is 0 Å². The number of rotatable bonds is 2. The van der Waals surface area contributed by atoms with E-state index in [1.165, 1.54) is 0 Å². The van der Waals surface area contributed by atoms with Crippen molar-refractivity contribution >= 4 is 5.70 Å². The SMILES string of the molecule is NCC1=C(c2ccccc2)N=NC1. The summed E-state index contributed by atoms with van der Waals surface area (Å²) < 4.78 is 0. The molecule has 0 atom stereocenters. The van der Waals surface area contributed by atoms with E-state index in [0.29, 0.717) is 13.1 Å². The quantitative estimate of drug-likeness (QED) is 0.728. The third-order valence-electron chi connectivity index (χ3n) is 2.06. The molecule has 1 aliphatic rings. The Kier molecular flexibility index (Phi) is 2.19. The molecule has 0 radical (unpaired) electrons. The Morgan fingerprint density at radius 1 is 1.23 bits per heavy atom. The summed E-state index contributed by atoms with van der Waals surface area (Å²) in [6.45, 7) is 1.19. The van der Waals surface area contributed by atoms with E-state index in [1.807, 2.05) is 30.3 Å². The first-order chi connectivity index (χ1) is 6.42. The molecule has 3 heteroatoms.